The fourth-order valence-corrected chi connectivity index (χ4v) is 3.30. The summed E-state index contributed by atoms with van der Waals surface area (Å²) in [7, 11) is 1.54. The molecule has 0 saturated carbocycles. The van der Waals surface area contributed by atoms with E-state index in [1.54, 1.807) is 31.5 Å². The highest BCUT2D eigenvalue weighted by Crippen LogP contribution is 2.40. The summed E-state index contributed by atoms with van der Waals surface area (Å²) in [5, 5.41) is 10.0. The van der Waals surface area contributed by atoms with Crippen LogP contribution in [-0.2, 0) is 12.7 Å². The summed E-state index contributed by atoms with van der Waals surface area (Å²) in [5.74, 6) is 0.636. The van der Waals surface area contributed by atoms with Gasteiger partial charge in [0.2, 0.25) is 0 Å². The summed E-state index contributed by atoms with van der Waals surface area (Å²) in [4.78, 5) is 6.08. The number of hydrogen-bond donors (Lipinski definition) is 1. The Hall–Kier alpha value is -2.12. The molecule has 4 nitrogen and oxygen atoms in total. The van der Waals surface area contributed by atoms with Crippen LogP contribution in [0.2, 0.25) is 0 Å². The molecule has 2 heterocycles. The Morgan fingerprint density at radius 3 is 2.76 bits per heavy atom. The third-order valence-electron chi connectivity index (χ3n) is 4.40. The van der Waals surface area contributed by atoms with E-state index in [1.807, 2.05) is 4.90 Å². The van der Waals surface area contributed by atoms with Crippen LogP contribution in [0.5, 0.6) is 5.75 Å². The summed E-state index contributed by atoms with van der Waals surface area (Å²) in [6.07, 6.45) is -3.24. The van der Waals surface area contributed by atoms with Gasteiger partial charge in [0.15, 0.2) is 0 Å². The van der Waals surface area contributed by atoms with Crippen molar-refractivity contribution in [3.8, 4) is 5.75 Å². The lowest BCUT2D eigenvalue weighted by Crippen LogP contribution is -2.26. The maximum atomic E-state index is 13.3. The molecular weight excluding hydrogens is 333 g/mol. The van der Waals surface area contributed by atoms with E-state index in [0.29, 0.717) is 24.5 Å². The van der Waals surface area contributed by atoms with Crippen molar-refractivity contribution in [2.45, 2.75) is 31.3 Å². The largest absolute Gasteiger partial charge is 0.497 e. The quantitative estimate of drug-likeness (QED) is 0.916. The number of aromatic nitrogens is 1. The van der Waals surface area contributed by atoms with Crippen LogP contribution in [0, 0.1) is 0 Å². The van der Waals surface area contributed by atoms with Crippen LogP contribution in [0.15, 0.2) is 42.6 Å². The molecule has 0 radical (unpaired) electrons. The molecule has 25 heavy (non-hydrogen) atoms. The van der Waals surface area contributed by atoms with Gasteiger partial charge in [-0.1, -0.05) is 18.2 Å². The molecule has 0 aliphatic carbocycles. The first-order valence-electron chi connectivity index (χ1n) is 7.95. The van der Waals surface area contributed by atoms with Gasteiger partial charge in [-0.05, 0) is 24.1 Å². The molecule has 3 rings (SSSR count). The van der Waals surface area contributed by atoms with Gasteiger partial charge in [0, 0.05) is 31.4 Å². The Labute approximate surface area is 143 Å². The zero-order valence-electron chi connectivity index (χ0n) is 13.7. The Morgan fingerprint density at radius 2 is 2.04 bits per heavy atom. The number of halogens is 3. The minimum absolute atomic E-state index is 0.189. The summed E-state index contributed by atoms with van der Waals surface area (Å²) < 4.78 is 45.2. The van der Waals surface area contributed by atoms with Crippen molar-refractivity contribution in [1.82, 2.24) is 9.88 Å². The lowest BCUT2D eigenvalue weighted by atomic mass is 9.97. The van der Waals surface area contributed by atoms with E-state index in [4.69, 9.17) is 4.74 Å². The molecular formula is C18H19F3N2O2. The topological polar surface area (TPSA) is 45.6 Å². The Morgan fingerprint density at radius 1 is 1.28 bits per heavy atom. The number of aliphatic hydroxyl groups excluding tert-OH is 1. The standard InChI is InChI=1S/C18H19F3N2O2/c1-25-14-6-7-22-12(8-14)10-23-11-13(24)9-17(23)15-4-2-3-5-16(15)18(19,20)21/h2-8,13,17,24H,9-11H2,1H3/t13-,17-/m1/s1. The van der Waals surface area contributed by atoms with Crippen molar-refractivity contribution in [2.75, 3.05) is 13.7 Å². The van der Waals surface area contributed by atoms with Crippen LogP contribution in [-0.4, -0.2) is 34.7 Å². The van der Waals surface area contributed by atoms with E-state index >= 15 is 0 Å². The van der Waals surface area contributed by atoms with Gasteiger partial charge in [0.05, 0.1) is 24.5 Å². The van der Waals surface area contributed by atoms with Crippen molar-refractivity contribution in [3.05, 3.63) is 59.4 Å². The predicted octanol–water partition coefficient (Wildman–Crippen LogP) is 3.42. The second kappa shape index (κ2) is 7.01. The van der Waals surface area contributed by atoms with Gasteiger partial charge in [-0.25, -0.2) is 0 Å². The average molecular weight is 352 g/mol. The lowest BCUT2D eigenvalue weighted by molar-refractivity contribution is -0.138. The number of alkyl halides is 3. The van der Waals surface area contributed by atoms with Crippen LogP contribution in [0.4, 0.5) is 13.2 Å². The van der Waals surface area contributed by atoms with Crippen LogP contribution in [0.25, 0.3) is 0 Å². The first kappa shape index (κ1) is 17.7. The molecule has 1 fully saturated rings. The number of β-amino-alcohol motifs (C(OH)–C–C–N with tert-alkyl or cyclic N) is 1. The number of likely N-dealkylation sites (tertiary alicyclic amines) is 1. The highest BCUT2D eigenvalue weighted by Gasteiger charge is 2.39. The fraction of sp³-hybridized carbons (Fsp3) is 0.389. The maximum Gasteiger partial charge on any atom is 0.416 e. The molecule has 1 aliphatic rings. The van der Waals surface area contributed by atoms with E-state index in [2.05, 4.69) is 4.98 Å². The third-order valence-corrected chi connectivity index (χ3v) is 4.40. The number of methoxy groups -OCH3 is 1. The van der Waals surface area contributed by atoms with E-state index in [9.17, 15) is 18.3 Å². The number of pyridine rings is 1. The zero-order chi connectivity index (χ0) is 18.0. The Bertz CT molecular complexity index is 736. The van der Waals surface area contributed by atoms with Gasteiger partial charge in [-0.3, -0.25) is 9.88 Å². The van der Waals surface area contributed by atoms with Crippen LogP contribution in [0.3, 0.4) is 0 Å². The van der Waals surface area contributed by atoms with Crippen LogP contribution >= 0.6 is 0 Å². The van der Waals surface area contributed by atoms with E-state index in [0.717, 1.165) is 6.07 Å². The molecule has 1 saturated heterocycles. The van der Waals surface area contributed by atoms with Crippen LogP contribution < -0.4 is 4.74 Å². The predicted molar refractivity (Wildman–Crippen MR) is 86.0 cm³/mol. The van der Waals surface area contributed by atoms with Crippen molar-refractivity contribution in [3.63, 3.8) is 0 Å². The SMILES string of the molecule is COc1ccnc(CN2C[C@H](O)C[C@@H]2c2ccccc2C(F)(F)F)c1. The molecule has 7 heteroatoms. The Kier molecular flexibility index (Phi) is 4.96. The molecule has 0 unspecified atom stereocenters. The molecule has 2 atom stereocenters. The highest BCUT2D eigenvalue weighted by atomic mass is 19.4. The van der Waals surface area contributed by atoms with Gasteiger partial charge in [0.25, 0.3) is 0 Å². The normalized spacial score (nSPS) is 21.5. The number of aliphatic hydroxyl groups is 1. The molecule has 1 N–H and O–H groups in total. The van der Waals surface area contributed by atoms with Crippen molar-refractivity contribution in [1.29, 1.82) is 0 Å². The van der Waals surface area contributed by atoms with E-state index in [-0.39, 0.29) is 12.0 Å². The van der Waals surface area contributed by atoms with Gasteiger partial charge in [-0.2, -0.15) is 13.2 Å². The van der Waals surface area contributed by atoms with Crippen molar-refractivity contribution in [2.24, 2.45) is 0 Å². The highest BCUT2D eigenvalue weighted by molar-refractivity contribution is 5.33. The second-order valence-corrected chi connectivity index (χ2v) is 6.11. The fourth-order valence-electron chi connectivity index (χ4n) is 3.30. The number of nitrogens with zero attached hydrogens (tertiary/aromatic N) is 2. The lowest BCUT2D eigenvalue weighted by Gasteiger charge is -2.26. The van der Waals surface area contributed by atoms with E-state index < -0.39 is 23.9 Å². The smallest absolute Gasteiger partial charge is 0.416 e. The second-order valence-electron chi connectivity index (χ2n) is 6.11. The molecule has 134 valence electrons. The molecule has 2 aromatic rings. The maximum absolute atomic E-state index is 13.3. The summed E-state index contributed by atoms with van der Waals surface area (Å²) in [5.41, 5.74) is 0.218. The zero-order valence-corrected chi connectivity index (χ0v) is 13.7. The first-order chi connectivity index (χ1) is 11.9. The molecule has 1 aromatic heterocycles. The summed E-state index contributed by atoms with van der Waals surface area (Å²) in [6.45, 7) is 0.640. The number of rotatable bonds is 4. The number of benzene rings is 1. The Balaban J connectivity index is 1.90. The van der Waals surface area contributed by atoms with Gasteiger partial charge in [-0.15, -0.1) is 0 Å². The average Bonchev–Trinajstić information content (AvgIpc) is 2.94. The summed E-state index contributed by atoms with van der Waals surface area (Å²) in [6, 6.07) is 8.49. The third kappa shape index (κ3) is 3.93. The van der Waals surface area contributed by atoms with Crippen LogP contribution in [0.1, 0.15) is 29.3 Å². The van der Waals surface area contributed by atoms with Gasteiger partial charge < -0.3 is 9.84 Å². The summed E-state index contributed by atoms with van der Waals surface area (Å²) >= 11 is 0. The molecule has 0 amide bonds. The molecule has 1 aromatic carbocycles. The first-order valence-corrected chi connectivity index (χ1v) is 7.95. The van der Waals surface area contributed by atoms with Gasteiger partial charge in [0.1, 0.15) is 5.75 Å². The van der Waals surface area contributed by atoms with Gasteiger partial charge >= 0.3 is 6.18 Å². The molecule has 0 bridgehead atoms. The van der Waals surface area contributed by atoms with E-state index in [1.165, 1.54) is 12.1 Å². The number of hydrogen-bond acceptors (Lipinski definition) is 4. The monoisotopic (exact) mass is 352 g/mol. The minimum atomic E-state index is -4.43. The number of ether oxygens (including phenoxy) is 1. The molecule has 1 aliphatic heterocycles. The van der Waals surface area contributed by atoms with Crippen molar-refractivity contribution >= 4 is 0 Å². The van der Waals surface area contributed by atoms with Crippen molar-refractivity contribution < 1.29 is 23.0 Å². The minimum Gasteiger partial charge on any atom is -0.497 e. The molecule has 0 spiro atoms.